The highest BCUT2D eigenvalue weighted by atomic mass is 35.5. The summed E-state index contributed by atoms with van der Waals surface area (Å²) >= 11 is 0. The third kappa shape index (κ3) is 4.30. The Balaban J connectivity index is 0.00000210. The van der Waals surface area contributed by atoms with Gasteiger partial charge in [-0.15, -0.1) is 24.8 Å². The quantitative estimate of drug-likeness (QED) is 0.700. The second-order valence-corrected chi connectivity index (χ2v) is 7.86. The lowest BCUT2D eigenvalue weighted by atomic mass is 9.54. The lowest BCUT2D eigenvalue weighted by molar-refractivity contribution is -0.179. The minimum absolute atomic E-state index is 0. The number of hydrogen-bond acceptors (Lipinski definition) is 6. The van der Waals surface area contributed by atoms with Crippen LogP contribution in [0.25, 0.3) is 0 Å². The smallest absolute Gasteiger partial charge is 0.252 e. The Labute approximate surface area is 184 Å². The number of piperazine rings is 1. The molecular formula is C19H31Cl2N5O3. The van der Waals surface area contributed by atoms with Gasteiger partial charge in [0.1, 0.15) is 11.4 Å². The van der Waals surface area contributed by atoms with Gasteiger partial charge in [0.15, 0.2) is 0 Å². The third-order valence-corrected chi connectivity index (χ3v) is 6.13. The molecule has 1 aliphatic carbocycles. The molecule has 10 heteroatoms. The van der Waals surface area contributed by atoms with Crippen LogP contribution in [0.4, 0.5) is 5.82 Å². The second-order valence-electron chi connectivity index (χ2n) is 7.86. The van der Waals surface area contributed by atoms with Crippen LogP contribution in [0, 0.1) is 5.41 Å². The van der Waals surface area contributed by atoms with Crippen molar-refractivity contribution in [3.8, 4) is 0 Å². The largest absolute Gasteiger partial charge is 0.378 e. The van der Waals surface area contributed by atoms with Gasteiger partial charge < -0.3 is 26.0 Å². The molecule has 0 radical (unpaired) electrons. The fourth-order valence-electron chi connectivity index (χ4n) is 4.04. The molecule has 0 spiro atoms. The maximum absolute atomic E-state index is 13.1. The van der Waals surface area contributed by atoms with Crippen molar-refractivity contribution < 1.29 is 14.3 Å². The van der Waals surface area contributed by atoms with Gasteiger partial charge in [-0.1, -0.05) is 13.8 Å². The van der Waals surface area contributed by atoms with Crippen molar-refractivity contribution in [2.24, 2.45) is 16.9 Å². The minimum atomic E-state index is -0.904. The Morgan fingerprint density at radius 2 is 1.86 bits per heavy atom. The Bertz CT molecular complexity index is 740. The molecule has 1 aromatic rings. The zero-order valence-corrected chi connectivity index (χ0v) is 18.7. The van der Waals surface area contributed by atoms with E-state index in [0.29, 0.717) is 50.6 Å². The SMILES string of the molecule is CCOC1CC(N)(C(=O)N2CCN(c3ncccc3C(N)=O)CC2)C1(C)C.Cl.Cl. The molecule has 0 aromatic carbocycles. The van der Waals surface area contributed by atoms with Gasteiger partial charge in [-0.25, -0.2) is 4.98 Å². The number of anilines is 1. The maximum Gasteiger partial charge on any atom is 0.252 e. The van der Waals surface area contributed by atoms with E-state index in [1.54, 1.807) is 18.3 Å². The number of carbonyl (C=O) groups is 2. The van der Waals surface area contributed by atoms with E-state index < -0.39 is 16.9 Å². The number of aromatic nitrogens is 1. The standard InChI is InChI=1S/C19H29N5O3.2ClH/c1-4-27-14-12-19(21,18(14,2)3)17(26)24-10-8-23(9-11-24)16-13(15(20)25)6-5-7-22-16;;/h5-7,14H,4,8-12,21H2,1-3H3,(H2,20,25);2*1H. The summed E-state index contributed by atoms with van der Waals surface area (Å²) in [5.74, 6) is 0.0369. The van der Waals surface area contributed by atoms with E-state index in [1.165, 1.54) is 0 Å². The van der Waals surface area contributed by atoms with Crippen molar-refractivity contribution in [3.05, 3.63) is 23.9 Å². The number of amides is 2. The molecule has 8 nitrogen and oxygen atoms in total. The lowest BCUT2D eigenvalue weighted by Crippen LogP contribution is -2.76. The topological polar surface area (TPSA) is 115 Å². The van der Waals surface area contributed by atoms with Gasteiger partial charge >= 0.3 is 0 Å². The van der Waals surface area contributed by atoms with Gasteiger partial charge in [0.05, 0.1) is 11.7 Å². The van der Waals surface area contributed by atoms with Gasteiger partial charge in [0.25, 0.3) is 5.91 Å². The zero-order valence-electron chi connectivity index (χ0n) is 17.1. The molecule has 0 bridgehead atoms. The van der Waals surface area contributed by atoms with E-state index in [9.17, 15) is 9.59 Å². The Kier molecular flexibility index (Phi) is 8.30. The lowest BCUT2D eigenvalue weighted by Gasteiger charge is -2.59. The van der Waals surface area contributed by atoms with Crippen LogP contribution in [0.1, 0.15) is 37.6 Å². The summed E-state index contributed by atoms with van der Waals surface area (Å²) in [5.41, 5.74) is 11.1. The Morgan fingerprint density at radius 3 is 2.38 bits per heavy atom. The summed E-state index contributed by atoms with van der Waals surface area (Å²) in [6, 6.07) is 3.36. The normalized spacial score (nSPS) is 25.3. The van der Waals surface area contributed by atoms with E-state index >= 15 is 0 Å². The summed E-state index contributed by atoms with van der Waals surface area (Å²) in [5, 5.41) is 0. The molecule has 2 atom stereocenters. The van der Waals surface area contributed by atoms with Gasteiger partial charge in [-0.05, 0) is 19.1 Å². The predicted octanol–water partition coefficient (Wildman–Crippen LogP) is 1.21. The number of pyridine rings is 1. The summed E-state index contributed by atoms with van der Waals surface area (Å²) < 4.78 is 5.73. The molecule has 29 heavy (non-hydrogen) atoms. The zero-order chi connectivity index (χ0) is 19.8. The molecule has 164 valence electrons. The van der Waals surface area contributed by atoms with E-state index in [2.05, 4.69) is 4.98 Å². The highest BCUT2D eigenvalue weighted by Crippen LogP contribution is 2.50. The molecule has 2 unspecified atom stereocenters. The number of primary amides is 1. The van der Waals surface area contributed by atoms with Gasteiger partial charge in [0.2, 0.25) is 5.91 Å². The molecule has 4 N–H and O–H groups in total. The molecule has 1 aliphatic heterocycles. The summed E-state index contributed by atoms with van der Waals surface area (Å²) in [6.07, 6.45) is 2.18. The van der Waals surface area contributed by atoms with Crippen LogP contribution in [0.5, 0.6) is 0 Å². The molecule has 1 saturated carbocycles. The van der Waals surface area contributed by atoms with Crippen LogP contribution in [-0.2, 0) is 9.53 Å². The van der Waals surface area contributed by atoms with Gasteiger partial charge in [-0.3, -0.25) is 9.59 Å². The average Bonchev–Trinajstić information content (AvgIpc) is 2.67. The highest BCUT2D eigenvalue weighted by molar-refractivity contribution is 5.97. The molecule has 1 saturated heterocycles. The molecule has 3 rings (SSSR count). The maximum atomic E-state index is 13.1. The van der Waals surface area contributed by atoms with Crippen molar-refractivity contribution in [1.82, 2.24) is 9.88 Å². The highest BCUT2D eigenvalue weighted by Gasteiger charge is 2.63. The number of nitrogens with two attached hydrogens (primary N) is 2. The van der Waals surface area contributed by atoms with Crippen LogP contribution in [-0.4, -0.2) is 66.1 Å². The second kappa shape index (κ2) is 9.47. The third-order valence-electron chi connectivity index (χ3n) is 6.13. The average molecular weight is 448 g/mol. The fourth-order valence-corrected chi connectivity index (χ4v) is 4.04. The van der Waals surface area contributed by atoms with Crippen LogP contribution in [0.3, 0.4) is 0 Å². The van der Waals surface area contributed by atoms with Crippen molar-refractivity contribution in [2.75, 3.05) is 37.7 Å². The first kappa shape index (κ1) is 25.4. The van der Waals surface area contributed by atoms with Crippen LogP contribution < -0.4 is 16.4 Å². The predicted molar refractivity (Wildman–Crippen MR) is 117 cm³/mol. The van der Waals surface area contributed by atoms with Crippen LogP contribution in [0.15, 0.2) is 18.3 Å². The van der Waals surface area contributed by atoms with E-state index in [1.807, 2.05) is 30.6 Å². The number of halogens is 2. The van der Waals surface area contributed by atoms with Gasteiger partial charge in [-0.2, -0.15) is 0 Å². The summed E-state index contributed by atoms with van der Waals surface area (Å²) in [7, 11) is 0. The minimum Gasteiger partial charge on any atom is -0.378 e. The summed E-state index contributed by atoms with van der Waals surface area (Å²) in [6.45, 7) is 8.78. The van der Waals surface area contributed by atoms with E-state index in [-0.39, 0.29) is 36.8 Å². The first-order valence-corrected chi connectivity index (χ1v) is 9.42. The molecule has 2 aliphatic rings. The van der Waals surface area contributed by atoms with Crippen LogP contribution >= 0.6 is 24.8 Å². The Hall–Kier alpha value is -1.61. The first-order valence-electron chi connectivity index (χ1n) is 9.42. The molecule has 2 amide bonds. The number of nitrogens with zero attached hydrogens (tertiary/aromatic N) is 3. The van der Waals surface area contributed by atoms with Crippen molar-refractivity contribution >= 4 is 42.4 Å². The molecule has 2 heterocycles. The number of carbonyl (C=O) groups excluding carboxylic acids is 2. The first-order chi connectivity index (χ1) is 12.7. The molecule has 2 fully saturated rings. The van der Waals surface area contributed by atoms with Crippen LogP contribution in [0.2, 0.25) is 0 Å². The van der Waals surface area contributed by atoms with E-state index in [0.717, 1.165) is 0 Å². The molecular weight excluding hydrogens is 417 g/mol. The van der Waals surface area contributed by atoms with Crippen molar-refractivity contribution in [1.29, 1.82) is 0 Å². The van der Waals surface area contributed by atoms with Crippen molar-refractivity contribution in [3.63, 3.8) is 0 Å². The number of hydrogen-bond donors (Lipinski definition) is 2. The molecule has 1 aromatic heterocycles. The van der Waals surface area contributed by atoms with E-state index in [4.69, 9.17) is 16.2 Å². The number of rotatable bonds is 5. The summed E-state index contributed by atoms with van der Waals surface area (Å²) in [4.78, 5) is 32.9. The van der Waals surface area contributed by atoms with Crippen molar-refractivity contribution in [2.45, 2.75) is 38.8 Å². The van der Waals surface area contributed by atoms with Gasteiger partial charge in [0, 0.05) is 50.8 Å². The Morgan fingerprint density at radius 1 is 1.24 bits per heavy atom. The number of ether oxygens (including phenoxy) is 1. The monoisotopic (exact) mass is 447 g/mol. The fraction of sp³-hybridized carbons (Fsp3) is 0.632.